The van der Waals surface area contributed by atoms with E-state index < -0.39 is 12.2 Å². The number of carbonyl (C=O) groups excluding carboxylic acids is 2. The van der Waals surface area contributed by atoms with E-state index in [4.69, 9.17) is 4.74 Å². The highest BCUT2D eigenvalue weighted by Crippen LogP contribution is 2.01. The van der Waals surface area contributed by atoms with E-state index in [1.165, 1.54) is 6.92 Å². The number of nitrogens with one attached hydrogen (secondary N) is 1. The summed E-state index contributed by atoms with van der Waals surface area (Å²) in [6.45, 7) is 10.5. The number of nitrogens with zero attached hydrogens (tertiary/aromatic N) is 1. The quantitative estimate of drug-likeness (QED) is 0.392. The minimum Gasteiger partial charge on any atom is -0.441 e. The lowest BCUT2D eigenvalue weighted by Gasteiger charge is -2.28. The molecule has 1 amide bonds. The number of hydrogen-bond donors (Lipinski definition) is 1. The first-order valence-electron chi connectivity index (χ1n) is 5.36. The molecule has 5 nitrogen and oxygen atoms in total. The molecule has 0 aromatic rings. The average Bonchev–Trinajstić information content (AvgIpc) is 2.26. The molecule has 0 aromatic heterocycles. The first kappa shape index (κ1) is 14.6. The van der Waals surface area contributed by atoms with Crippen molar-refractivity contribution in [3.8, 4) is 0 Å². The lowest BCUT2D eigenvalue weighted by atomic mass is 10.4. The lowest BCUT2D eigenvalue weighted by molar-refractivity contribution is -0.153. The van der Waals surface area contributed by atoms with Crippen molar-refractivity contribution in [2.24, 2.45) is 0 Å². The minimum atomic E-state index is -0.484. The number of hydrogen-bond acceptors (Lipinski definition) is 4. The number of ether oxygens (including phenoxy) is 1. The van der Waals surface area contributed by atoms with Crippen molar-refractivity contribution in [3.05, 3.63) is 12.7 Å². The Morgan fingerprint density at radius 1 is 1.44 bits per heavy atom. The van der Waals surface area contributed by atoms with Gasteiger partial charge in [0.1, 0.15) is 0 Å². The predicted molar refractivity (Wildman–Crippen MR) is 61.7 cm³/mol. The van der Waals surface area contributed by atoms with Gasteiger partial charge in [0, 0.05) is 13.0 Å². The molecule has 0 saturated carbocycles. The molecule has 0 saturated heterocycles. The number of amides is 1. The van der Waals surface area contributed by atoms with Gasteiger partial charge in [-0.3, -0.25) is 9.69 Å². The first-order valence-corrected chi connectivity index (χ1v) is 5.36. The minimum absolute atomic E-state index is 0.146. The van der Waals surface area contributed by atoms with Crippen LogP contribution >= 0.6 is 0 Å². The zero-order valence-corrected chi connectivity index (χ0v) is 10.2. The van der Waals surface area contributed by atoms with Gasteiger partial charge in [0.15, 0.2) is 6.23 Å². The van der Waals surface area contributed by atoms with Crippen LogP contribution in [0, 0.1) is 0 Å². The molecule has 0 aliphatic carbocycles. The molecule has 0 aromatic carbocycles. The molecule has 0 bridgehead atoms. The summed E-state index contributed by atoms with van der Waals surface area (Å²) >= 11 is 0. The zero-order chi connectivity index (χ0) is 12.6. The van der Waals surface area contributed by atoms with Crippen molar-refractivity contribution in [2.75, 3.05) is 19.6 Å². The van der Waals surface area contributed by atoms with Crippen LogP contribution in [-0.4, -0.2) is 42.6 Å². The van der Waals surface area contributed by atoms with Crippen molar-refractivity contribution in [1.82, 2.24) is 10.2 Å². The van der Waals surface area contributed by atoms with E-state index in [1.807, 2.05) is 18.7 Å². The third kappa shape index (κ3) is 5.50. The summed E-state index contributed by atoms with van der Waals surface area (Å²) in [5.74, 6) is -0.630. The SMILES string of the molecule is C=CC(=O)OC(CNC(C)=O)N(CC)CC. The summed E-state index contributed by atoms with van der Waals surface area (Å²) < 4.78 is 5.15. The van der Waals surface area contributed by atoms with Crippen LogP contribution in [0.3, 0.4) is 0 Å². The molecular formula is C11H20N2O3. The monoisotopic (exact) mass is 228 g/mol. The van der Waals surface area contributed by atoms with Gasteiger partial charge in [-0.1, -0.05) is 20.4 Å². The Bertz CT molecular complexity index is 250. The molecule has 92 valence electrons. The molecule has 5 heteroatoms. The van der Waals surface area contributed by atoms with Gasteiger partial charge in [-0.2, -0.15) is 0 Å². The van der Waals surface area contributed by atoms with Crippen molar-refractivity contribution in [1.29, 1.82) is 0 Å². The summed E-state index contributed by atoms with van der Waals surface area (Å²) in [5, 5.41) is 2.63. The van der Waals surface area contributed by atoms with Gasteiger partial charge < -0.3 is 10.1 Å². The molecule has 0 radical (unpaired) electrons. The lowest BCUT2D eigenvalue weighted by Crippen LogP contribution is -2.45. The number of rotatable bonds is 7. The second-order valence-electron chi connectivity index (χ2n) is 3.25. The van der Waals surface area contributed by atoms with Gasteiger partial charge in [-0.25, -0.2) is 4.79 Å². The maximum absolute atomic E-state index is 11.1. The van der Waals surface area contributed by atoms with Gasteiger partial charge >= 0.3 is 5.97 Å². The van der Waals surface area contributed by atoms with Gasteiger partial charge in [0.05, 0.1) is 6.54 Å². The van der Waals surface area contributed by atoms with E-state index in [0.29, 0.717) is 0 Å². The van der Waals surface area contributed by atoms with E-state index in [2.05, 4.69) is 11.9 Å². The summed E-state index contributed by atoms with van der Waals surface area (Å²) in [7, 11) is 0. The Labute approximate surface area is 96.4 Å². The van der Waals surface area contributed by atoms with Crippen molar-refractivity contribution < 1.29 is 14.3 Å². The van der Waals surface area contributed by atoms with Crippen molar-refractivity contribution in [3.63, 3.8) is 0 Å². The summed E-state index contributed by atoms with van der Waals surface area (Å²) in [5.41, 5.74) is 0. The van der Waals surface area contributed by atoms with Gasteiger partial charge in [-0.15, -0.1) is 0 Å². The Morgan fingerprint density at radius 2 is 2.00 bits per heavy atom. The summed E-state index contributed by atoms with van der Waals surface area (Å²) in [6.07, 6.45) is 0.675. The smallest absolute Gasteiger partial charge is 0.331 e. The van der Waals surface area contributed by atoms with Crippen LogP contribution in [-0.2, 0) is 14.3 Å². The average molecular weight is 228 g/mol. The normalized spacial score (nSPS) is 12.0. The third-order valence-corrected chi connectivity index (χ3v) is 2.16. The van der Waals surface area contributed by atoms with Crippen molar-refractivity contribution >= 4 is 11.9 Å². The van der Waals surface area contributed by atoms with E-state index in [9.17, 15) is 9.59 Å². The Morgan fingerprint density at radius 3 is 2.38 bits per heavy atom. The fourth-order valence-electron chi connectivity index (χ4n) is 1.29. The van der Waals surface area contributed by atoms with Crippen molar-refractivity contribution in [2.45, 2.75) is 27.0 Å². The fourth-order valence-corrected chi connectivity index (χ4v) is 1.29. The molecule has 0 spiro atoms. The molecular weight excluding hydrogens is 208 g/mol. The largest absolute Gasteiger partial charge is 0.441 e. The van der Waals surface area contributed by atoms with Gasteiger partial charge in [0.2, 0.25) is 5.91 Å². The Kier molecular flexibility index (Phi) is 7.20. The van der Waals surface area contributed by atoms with Crippen LogP contribution in [0.25, 0.3) is 0 Å². The number of carbonyl (C=O) groups is 2. The molecule has 0 rings (SSSR count). The van der Waals surface area contributed by atoms with E-state index in [0.717, 1.165) is 19.2 Å². The topological polar surface area (TPSA) is 58.6 Å². The van der Waals surface area contributed by atoms with Crippen LogP contribution in [0.2, 0.25) is 0 Å². The standard InChI is InChI=1S/C11H20N2O3/c1-5-11(15)16-10(8-12-9(4)14)13(6-2)7-3/h5,10H,1,6-8H2,2-4H3,(H,12,14). The Hall–Kier alpha value is -1.36. The van der Waals surface area contributed by atoms with E-state index in [1.54, 1.807) is 0 Å². The van der Waals surface area contributed by atoms with Crippen LogP contribution in [0.1, 0.15) is 20.8 Å². The molecule has 0 aliphatic heterocycles. The molecule has 16 heavy (non-hydrogen) atoms. The first-order chi connectivity index (χ1) is 7.54. The van der Waals surface area contributed by atoms with Gasteiger partial charge in [0.25, 0.3) is 0 Å². The molecule has 1 unspecified atom stereocenters. The molecule has 1 atom stereocenters. The van der Waals surface area contributed by atoms with Crippen LogP contribution in [0.4, 0.5) is 0 Å². The van der Waals surface area contributed by atoms with E-state index >= 15 is 0 Å². The summed E-state index contributed by atoms with van der Waals surface area (Å²) in [6, 6.07) is 0. The maximum Gasteiger partial charge on any atom is 0.331 e. The Balaban J connectivity index is 4.41. The fraction of sp³-hybridized carbons (Fsp3) is 0.636. The maximum atomic E-state index is 11.1. The number of esters is 1. The van der Waals surface area contributed by atoms with Crippen LogP contribution in [0.5, 0.6) is 0 Å². The van der Waals surface area contributed by atoms with Crippen LogP contribution < -0.4 is 5.32 Å². The molecule has 0 aliphatic rings. The molecule has 0 fully saturated rings. The summed E-state index contributed by atoms with van der Waals surface area (Å²) in [4.78, 5) is 23.9. The highest BCUT2D eigenvalue weighted by atomic mass is 16.6. The predicted octanol–water partition coefficient (Wildman–Crippen LogP) is 0.520. The third-order valence-electron chi connectivity index (χ3n) is 2.16. The van der Waals surface area contributed by atoms with Crippen LogP contribution in [0.15, 0.2) is 12.7 Å². The zero-order valence-electron chi connectivity index (χ0n) is 10.2. The molecule has 0 heterocycles. The van der Waals surface area contributed by atoms with E-state index in [-0.39, 0.29) is 12.5 Å². The molecule has 1 N–H and O–H groups in total. The highest BCUT2D eigenvalue weighted by Gasteiger charge is 2.19. The van der Waals surface area contributed by atoms with Gasteiger partial charge in [-0.05, 0) is 13.1 Å². The second kappa shape index (κ2) is 7.87. The highest BCUT2D eigenvalue weighted by molar-refractivity contribution is 5.81. The second-order valence-corrected chi connectivity index (χ2v) is 3.25. The number of likely N-dealkylation sites (N-methyl/N-ethyl adjacent to an activating group) is 1.